The number of rotatable bonds is 5. The van der Waals surface area contributed by atoms with Crippen LogP contribution in [0.25, 0.3) is 5.57 Å². The normalized spacial score (nSPS) is 24.6. The van der Waals surface area contributed by atoms with E-state index in [4.69, 9.17) is 27.6 Å². The van der Waals surface area contributed by atoms with Gasteiger partial charge in [0.25, 0.3) is 0 Å². The van der Waals surface area contributed by atoms with Crippen molar-refractivity contribution in [3.8, 4) is 0 Å². The summed E-state index contributed by atoms with van der Waals surface area (Å²) in [5.41, 5.74) is 0.756. The van der Waals surface area contributed by atoms with E-state index in [1.165, 1.54) is 0 Å². The van der Waals surface area contributed by atoms with Crippen LogP contribution in [-0.4, -0.2) is 19.7 Å². The molecule has 1 fully saturated rings. The smallest absolute Gasteiger partial charge is 0.185 e. The molecule has 2 rings (SSSR count). The van der Waals surface area contributed by atoms with Gasteiger partial charge in [0.05, 0.1) is 11.5 Å². The number of ketones is 1. The summed E-state index contributed by atoms with van der Waals surface area (Å²) in [6.07, 6.45) is 2.06. The molecule has 1 aliphatic rings. The minimum Gasteiger partial charge on any atom is -0.407 e. The van der Waals surface area contributed by atoms with Crippen molar-refractivity contribution < 1.29 is 9.22 Å². The Hall–Kier alpha value is -0.873. The standard InChI is InChI=1S/C17H20Cl2O2Si/c1-5-17(21-22(2,3)4)11-13(20)15(17)14(16(18)19)12-9-7-6-8-10-12/h5-10,15H,1,11H2,2-4H3/t15-,17-/m1/s1. The van der Waals surface area contributed by atoms with Crippen molar-refractivity contribution >= 4 is 42.9 Å². The SMILES string of the molecule is C=C[C@@]1(O[Si](C)(C)C)CC(=O)[C@@H]1C(=C(Cl)Cl)c1ccccc1. The van der Waals surface area contributed by atoms with Crippen LogP contribution in [0.2, 0.25) is 19.6 Å². The van der Waals surface area contributed by atoms with Gasteiger partial charge in [-0.05, 0) is 25.2 Å². The molecule has 1 aliphatic carbocycles. The van der Waals surface area contributed by atoms with Crippen molar-refractivity contribution in [1.29, 1.82) is 0 Å². The first kappa shape index (κ1) is 17.5. The zero-order valence-electron chi connectivity index (χ0n) is 13.0. The van der Waals surface area contributed by atoms with Gasteiger partial charge in [0, 0.05) is 12.0 Å². The fourth-order valence-electron chi connectivity index (χ4n) is 2.92. The second-order valence-electron chi connectivity index (χ2n) is 6.49. The van der Waals surface area contributed by atoms with Crippen LogP contribution in [0.5, 0.6) is 0 Å². The van der Waals surface area contributed by atoms with Crippen molar-refractivity contribution in [2.24, 2.45) is 5.92 Å². The largest absolute Gasteiger partial charge is 0.407 e. The minimum atomic E-state index is -1.87. The zero-order chi connectivity index (χ0) is 16.5. The van der Waals surface area contributed by atoms with E-state index < -0.39 is 19.8 Å². The Bertz CT molecular complexity index is 615. The average Bonchev–Trinajstić information content (AvgIpc) is 2.42. The Morgan fingerprint density at radius 3 is 2.32 bits per heavy atom. The molecule has 0 radical (unpaired) electrons. The van der Waals surface area contributed by atoms with Crippen molar-refractivity contribution in [1.82, 2.24) is 0 Å². The van der Waals surface area contributed by atoms with E-state index in [0.717, 1.165) is 5.56 Å². The lowest BCUT2D eigenvalue weighted by molar-refractivity contribution is -0.141. The number of hydrogen-bond donors (Lipinski definition) is 0. The van der Waals surface area contributed by atoms with Crippen LogP contribution >= 0.6 is 23.2 Å². The summed E-state index contributed by atoms with van der Waals surface area (Å²) < 4.78 is 6.40. The maximum atomic E-state index is 12.3. The molecule has 118 valence electrons. The number of carbonyl (C=O) groups excluding carboxylic acids is 1. The Morgan fingerprint density at radius 1 is 1.32 bits per heavy atom. The lowest BCUT2D eigenvalue weighted by Gasteiger charge is -2.50. The minimum absolute atomic E-state index is 0.0794. The van der Waals surface area contributed by atoms with Gasteiger partial charge >= 0.3 is 0 Å². The fraction of sp³-hybridized carbons (Fsp3) is 0.353. The quantitative estimate of drug-likeness (QED) is 0.536. The van der Waals surface area contributed by atoms with Gasteiger partial charge in [0.15, 0.2) is 8.32 Å². The van der Waals surface area contributed by atoms with Crippen LogP contribution in [0.15, 0.2) is 47.5 Å². The van der Waals surface area contributed by atoms with Crippen molar-refractivity contribution in [2.45, 2.75) is 31.7 Å². The Morgan fingerprint density at radius 2 is 1.91 bits per heavy atom. The van der Waals surface area contributed by atoms with Gasteiger partial charge in [0.2, 0.25) is 0 Å². The van der Waals surface area contributed by atoms with Gasteiger partial charge in [-0.2, -0.15) is 0 Å². The van der Waals surface area contributed by atoms with Gasteiger partial charge in [-0.15, -0.1) is 6.58 Å². The Kier molecular flexibility index (Phi) is 5.02. The van der Waals surface area contributed by atoms with E-state index >= 15 is 0 Å². The summed E-state index contributed by atoms with van der Waals surface area (Å²) >= 11 is 12.2. The molecule has 0 aromatic heterocycles. The number of benzene rings is 1. The predicted molar refractivity (Wildman–Crippen MR) is 95.5 cm³/mol. The highest BCUT2D eigenvalue weighted by atomic mass is 35.5. The summed E-state index contributed by atoms with van der Waals surface area (Å²) in [5, 5.41) is 0. The molecule has 0 bridgehead atoms. The molecule has 0 aliphatic heterocycles. The van der Waals surface area contributed by atoms with E-state index in [1.807, 2.05) is 30.3 Å². The lowest BCUT2D eigenvalue weighted by atomic mass is 9.64. The maximum Gasteiger partial charge on any atom is 0.185 e. The molecule has 0 saturated heterocycles. The summed E-state index contributed by atoms with van der Waals surface area (Å²) in [6, 6.07) is 9.49. The van der Waals surface area contributed by atoms with Crippen molar-refractivity contribution in [2.75, 3.05) is 0 Å². The predicted octanol–water partition coefficient (Wildman–Crippen LogP) is 5.20. The molecular weight excluding hydrogens is 335 g/mol. The van der Waals surface area contributed by atoms with Gasteiger partial charge in [-0.3, -0.25) is 4.79 Å². The average molecular weight is 355 g/mol. The summed E-state index contributed by atoms with van der Waals surface area (Å²) in [6.45, 7) is 10.2. The van der Waals surface area contributed by atoms with Gasteiger partial charge in [-0.25, -0.2) is 0 Å². The highest BCUT2D eigenvalue weighted by Gasteiger charge is 2.56. The molecule has 0 N–H and O–H groups in total. The molecule has 1 aromatic rings. The molecular formula is C17H20Cl2O2Si. The fourth-order valence-corrected chi connectivity index (χ4v) is 4.77. The third kappa shape index (κ3) is 3.38. The van der Waals surface area contributed by atoms with Crippen molar-refractivity contribution in [3.63, 3.8) is 0 Å². The molecule has 2 atom stereocenters. The van der Waals surface area contributed by atoms with Crippen molar-refractivity contribution in [3.05, 3.63) is 53.0 Å². The van der Waals surface area contributed by atoms with Gasteiger partial charge in [0.1, 0.15) is 10.3 Å². The number of carbonyl (C=O) groups is 1. The second-order valence-corrected chi connectivity index (χ2v) is 11.9. The summed E-state index contributed by atoms with van der Waals surface area (Å²) in [7, 11) is -1.87. The van der Waals surface area contributed by atoms with Crippen LogP contribution < -0.4 is 0 Å². The van der Waals surface area contributed by atoms with E-state index in [0.29, 0.717) is 12.0 Å². The van der Waals surface area contributed by atoms with Gasteiger partial charge in [-0.1, -0.05) is 59.6 Å². The first-order chi connectivity index (χ1) is 10.2. The van der Waals surface area contributed by atoms with E-state index in [1.54, 1.807) is 6.08 Å². The molecule has 0 amide bonds. The van der Waals surface area contributed by atoms with E-state index in [9.17, 15) is 4.79 Å². The molecule has 2 nitrogen and oxygen atoms in total. The first-order valence-electron chi connectivity index (χ1n) is 7.17. The number of hydrogen-bond acceptors (Lipinski definition) is 2. The van der Waals surface area contributed by atoms with E-state index in [-0.39, 0.29) is 10.3 Å². The Balaban J connectivity index is 2.49. The molecule has 0 spiro atoms. The molecule has 5 heteroatoms. The number of Topliss-reactive ketones (excluding diaryl/α,β-unsaturated/α-hetero) is 1. The van der Waals surface area contributed by atoms with Crippen LogP contribution in [-0.2, 0) is 9.22 Å². The molecule has 22 heavy (non-hydrogen) atoms. The molecule has 1 saturated carbocycles. The second kappa shape index (κ2) is 6.32. The van der Waals surface area contributed by atoms with Crippen LogP contribution in [0.4, 0.5) is 0 Å². The number of halogens is 2. The van der Waals surface area contributed by atoms with Crippen LogP contribution in [0.1, 0.15) is 12.0 Å². The highest BCUT2D eigenvalue weighted by Crippen LogP contribution is 2.50. The molecule has 0 unspecified atom stereocenters. The first-order valence-corrected chi connectivity index (χ1v) is 11.3. The third-order valence-electron chi connectivity index (χ3n) is 3.68. The maximum absolute atomic E-state index is 12.3. The summed E-state index contributed by atoms with van der Waals surface area (Å²) in [4.78, 5) is 12.3. The Labute approximate surface area is 142 Å². The monoisotopic (exact) mass is 354 g/mol. The van der Waals surface area contributed by atoms with Gasteiger partial charge < -0.3 is 4.43 Å². The molecule has 0 heterocycles. The zero-order valence-corrected chi connectivity index (χ0v) is 15.5. The summed E-state index contributed by atoms with van der Waals surface area (Å²) in [5.74, 6) is -0.417. The lowest BCUT2D eigenvalue weighted by Crippen LogP contribution is -2.59. The topological polar surface area (TPSA) is 26.3 Å². The van der Waals surface area contributed by atoms with Crippen LogP contribution in [0.3, 0.4) is 0 Å². The molecule has 1 aromatic carbocycles. The third-order valence-corrected chi connectivity index (χ3v) is 5.08. The highest BCUT2D eigenvalue weighted by molar-refractivity contribution is 6.70. The van der Waals surface area contributed by atoms with E-state index in [2.05, 4.69) is 26.2 Å². The van der Waals surface area contributed by atoms with Crippen LogP contribution in [0, 0.1) is 5.92 Å².